The van der Waals surface area contributed by atoms with Gasteiger partial charge in [-0.2, -0.15) is 0 Å². The largest absolute Gasteiger partial charge is 0.460 e. The van der Waals surface area contributed by atoms with Crippen LogP contribution in [-0.2, 0) is 32.7 Å². The predicted octanol–water partition coefficient (Wildman–Crippen LogP) is 5.63. The van der Waals surface area contributed by atoms with Crippen LogP contribution in [0.5, 0.6) is 0 Å². The highest BCUT2D eigenvalue weighted by atomic mass is 16.6. The normalized spacial score (nSPS) is 17.6. The molecule has 2 N–H and O–H groups in total. The summed E-state index contributed by atoms with van der Waals surface area (Å²) in [6.07, 6.45) is 4.37. The summed E-state index contributed by atoms with van der Waals surface area (Å²) < 4.78 is 13.1. The van der Waals surface area contributed by atoms with Crippen LogP contribution in [0.2, 0.25) is 0 Å². The molecule has 0 aliphatic carbocycles. The maximum atomic E-state index is 13.4. The third kappa shape index (κ3) is 7.03. The quantitative estimate of drug-likeness (QED) is 0.334. The van der Waals surface area contributed by atoms with Gasteiger partial charge in [-0.3, -0.25) is 14.4 Å². The number of benzene rings is 1. The molecule has 46 heavy (non-hydrogen) atoms. The number of carbonyl (C=O) groups is 4. The van der Waals surface area contributed by atoms with E-state index in [0.29, 0.717) is 17.8 Å². The minimum absolute atomic E-state index is 0.0406. The highest BCUT2D eigenvalue weighted by molar-refractivity contribution is 6.01. The van der Waals surface area contributed by atoms with E-state index in [9.17, 15) is 19.2 Å². The van der Waals surface area contributed by atoms with Crippen LogP contribution in [0.25, 0.3) is 22.3 Å². The number of likely N-dealkylation sites (tertiary alicyclic amines) is 1. The number of hydrogen-bond acceptors (Lipinski definition) is 7. The summed E-state index contributed by atoms with van der Waals surface area (Å²) in [4.78, 5) is 59.8. The van der Waals surface area contributed by atoms with Crippen molar-refractivity contribution in [1.82, 2.24) is 19.4 Å². The monoisotopic (exact) mass is 631 g/mol. The first-order valence-electron chi connectivity index (χ1n) is 15.9. The van der Waals surface area contributed by atoms with Crippen LogP contribution in [0.3, 0.4) is 0 Å². The van der Waals surface area contributed by atoms with E-state index in [1.165, 1.54) is 4.90 Å². The minimum atomic E-state index is -0.953. The fourth-order valence-electron chi connectivity index (χ4n) is 6.33. The summed E-state index contributed by atoms with van der Waals surface area (Å²) in [6, 6.07) is 8.47. The Bertz CT molecular complexity index is 1680. The molecule has 0 spiro atoms. The number of amides is 3. The summed E-state index contributed by atoms with van der Waals surface area (Å²) in [5.41, 5.74) is 9.00. The van der Waals surface area contributed by atoms with Crippen molar-refractivity contribution in [3.05, 3.63) is 53.2 Å². The molecule has 11 heteroatoms. The van der Waals surface area contributed by atoms with Gasteiger partial charge in [0, 0.05) is 49.3 Å². The first kappa shape index (κ1) is 33.0. The number of esters is 1. The maximum Gasteiger partial charge on any atom is 0.410 e. The number of piperidine rings is 1. The van der Waals surface area contributed by atoms with Gasteiger partial charge in [0.2, 0.25) is 5.91 Å². The van der Waals surface area contributed by atoms with E-state index >= 15 is 0 Å². The number of pyridine rings is 1. The van der Waals surface area contributed by atoms with E-state index in [0.717, 1.165) is 47.0 Å². The van der Waals surface area contributed by atoms with Crippen molar-refractivity contribution in [3.8, 4) is 11.3 Å². The molecule has 2 unspecified atom stereocenters. The first-order chi connectivity index (χ1) is 21.5. The van der Waals surface area contributed by atoms with Gasteiger partial charge in [0.05, 0.1) is 11.7 Å². The van der Waals surface area contributed by atoms with Crippen LogP contribution >= 0.6 is 0 Å². The molecule has 4 heterocycles. The fraction of sp³-hybridized carbons (Fsp3) is 0.514. The summed E-state index contributed by atoms with van der Waals surface area (Å²) in [6.45, 7) is 11.7. The summed E-state index contributed by atoms with van der Waals surface area (Å²) in [5.74, 6) is -1.44. The van der Waals surface area contributed by atoms with Crippen molar-refractivity contribution >= 4 is 34.9 Å². The summed E-state index contributed by atoms with van der Waals surface area (Å²) in [7, 11) is 1.94. The molecule has 1 fully saturated rings. The van der Waals surface area contributed by atoms with Crippen molar-refractivity contribution < 1.29 is 28.7 Å². The predicted molar refractivity (Wildman–Crippen MR) is 174 cm³/mol. The number of nitrogens with two attached hydrogens (primary N) is 1. The van der Waals surface area contributed by atoms with Crippen molar-refractivity contribution in [1.29, 1.82) is 0 Å². The molecule has 11 nitrogen and oxygen atoms in total. The van der Waals surface area contributed by atoms with E-state index in [2.05, 4.69) is 0 Å². The number of fused-ring (bicyclic) bond motifs is 2. The van der Waals surface area contributed by atoms with Crippen LogP contribution in [0.1, 0.15) is 101 Å². The van der Waals surface area contributed by atoms with Gasteiger partial charge in [-0.25, -0.2) is 9.78 Å². The van der Waals surface area contributed by atoms with Crippen LogP contribution < -0.4 is 5.73 Å². The number of aryl methyl sites for hydroxylation is 1. The lowest BCUT2D eigenvalue weighted by molar-refractivity contribution is -0.155. The molecule has 5 rings (SSSR count). The average molecular weight is 632 g/mol. The van der Waals surface area contributed by atoms with Crippen molar-refractivity contribution in [3.63, 3.8) is 0 Å². The molecule has 246 valence electrons. The van der Waals surface area contributed by atoms with Crippen molar-refractivity contribution in [2.24, 2.45) is 12.8 Å². The number of rotatable bonds is 7. The molecule has 0 bridgehead atoms. The molecule has 2 aliphatic rings. The first-order valence-corrected chi connectivity index (χ1v) is 15.9. The van der Waals surface area contributed by atoms with Gasteiger partial charge in [-0.15, -0.1) is 0 Å². The Labute approximate surface area is 270 Å². The van der Waals surface area contributed by atoms with E-state index in [-0.39, 0.29) is 37.4 Å². The van der Waals surface area contributed by atoms with E-state index in [4.69, 9.17) is 20.2 Å². The smallest absolute Gasteiger partial charge is 0.410 e. The van der Waals surface area contributed by atoms with Gasteiger partial charge >= 0.3 is 12.1 Å². The number of aromatic nitrogens is 2. The van der Waals surface area contributed by atoms with E-state index in [1.807, 2.05) is 67.7 Å². The van der Waals surface area contributed by atoms with Crippen LogP contribution in [0.4, 0.5) is 4.79 Å². The van der Waals surface area contributed by atoms with Gasteiger partial charge in [-0.05, 0) is 103 Å². The number of nitrogens with zero attached hydrogens (tertiary/aromatic N) is 4. The second-order valence-corrected chi connectivity index (χ2v) is 14.3. The zero-order valence-corrected chi connectivity index (χ0v) is 27.9. The summed E-state index contributed by atoms with van der Waals surface area (Å²) in [5, 5.41) is 0.975. The lowest BCUT2D eigenvalue weighted by atomic mass is 9.92. The number of hydrogen-bond donors (Lipinski definition) is 1. The van der Waals surface area contributed by atoms with Gasteiger partial charge < -0.3 is 29.6 Å². The topological polar surface area (TPSA) is 137 Å². The third-order valence-corrected chi connectivity index (χ3v) is 8.34. The molecular formula is C35H45N5O6. The molecule has 0 saturated carbocycles. The van der Waals surface area contributed by atoms with E-state index < -0.39 is 29.1 Å². The minimum Gasteiger partial charge on any atom is -0.460 e. The van der Waals surface area contributed by atoms with Crippen molar-refractivity contribution in [2.45, 2.75) is 103 Å². The molecule has 1 aromatic carbocycles. The summed E-state index contributed by atoms with van der Waals surface area (Å²) >= 11 is 0. The molecule has 2 aromatic heterocycles. The zero-order chi connectivity index (χ0) is 33.6. The average Bonchev–Trinajstić information content (AvgIpc) is 3.49. The Balaban J connectivity index is 1.45. The maximum absolute atomic E-state index is 13.4. The second-order valence-electron chi connectivity index (χ2n) is 14.3. The highest BCUT2D eigenvalue weighted by Gasteiger charge is 2.37. The van der Waals surface area contributed by atoms with E-state index in [1.54, 1.807) is 26.8 Å². The second kappa shape index (κ2) is 12.4. The Morgan fingerprint density at radius 3 is 2.41 bits per heavy atom. The van der Waals surface area contributed by atoms with Gasteiger partial charge in [0.15, 0.2) is 0 Å². The lowest BCUT2D eigenvalue weighted by Crippen LogP contribution is -2.45. The van der Waals surface area contributed by atoms with Crippen LogP contribution in [0, 0.1) is 0 Å². The van der Waals surface area contributed by atoms with Crippen molar-refractivity contribution in [2.75, 3.05) is 6.54 Å². The Morgan fingerprint density at radius 1 is 1.02 bits per heavy atom. The lowest BCUT2D eigenvalue weighted by Gasteiger charge is -2.37. The highest BCUT2D eigenvalue weighted by Crippen LogP contribution is 2.39. The molecule has 2 aliphatic heterocycles. The molecule has 3 amide bonds. The Hall–Kier alpha value is -4.41. The fourth-order valence-corrected chi connectivity index (χ4v) is 6.33. The number of primary amides is 1. The van der Waals surface area contributed by atoms with Gasteiger partial charge in [0.1, 0.15) is 22.9 Å². The van der Waals surface area contributed by atoms with Gasteiger partial charge in [0.25, 0.3) is 5.91 Å². The molecular weight excluding hydrogens is 586 g/mol. The molecule has 1 saturated heterocycles. The number of ether oxygens (including phenoxy) is 2. The molecule has 0 radical (unpaired) electrons. The third-order valence-electron chi connectivity index (χ3n) is 8.34. The van der Waals surface area contributed by atoms with Crippen LogP contribution in [0.15, 0.2) is 36.5 Å². The Kier molecular flexibility index (Phi) is 8.90. The van der Waals surface area contributed by atoms with Crippen LogP contribution in [-0.4, -0.2) is 67.0 Å². The zero-order valence-electron chi connectivity index (χ0n) is 27.9. The van der Waals surface area contributed by atoms with Gasteiger partial charge in [-0.1, -0.05) is 6.07 Å². The Morgan fingerprint density at radius 2 is 1.74 bits per heavy atom. The number of carbonyl (C=O) groups excluding carboxylic acids is 4. The molecule has 3 aromatic rings. The molecule has 2 atom stereocenters. The standard InChI is InChI=1S/C35H45N5O6/c1-34(2,3)45-29(41)14-13-28(30(36)42)40-20-22-18-21(11-12-23(22)32(40)43)26-19-25(24-15-17-38(7)31(24)37-26)27-10-8-9-16-39(27)33(44)46-35(4,5)6/h11-12,15,17-19,27-28H,8-10,13-14,16,20H2,1-7H3,(H2,36,42). The SMILES string of the molecule is Cn1ccc2c(C3CCCCN3C(=O)OC(C)(C)C)cc(-c3ccc4c(c3)CN(C(CCC(=O)OC(C)(C)C)C(N)=O)C4=O)nc21.